The van der Waals surface area contributed by atoms with E-state index in [1.54, 1.807) is 0 Å². The Kier molecular flexibility index (Phi) is 4.62. The van der Waals surface area contributed by atoms with Crippen molar-refractivity contribution in [2.24, 2.45) is 0 Å². The molecule has 1 fully saturated rings. The van der Waals surface area contributed by atoms with Crippen LogP contribution in [0.4, 0.5) is 30.8 Å². The molecule has 3 aromatic rings. The van der Waals surface area contributed by atoms with Gasteiger partial charge in [0.05, 0.1) is 21.9 Å². The van der Waals surface area contributed by atoms with Crippen LogP contribution in [0.5, 0.6) is 5.75 Å². The lowest BCUT2D eigenvalue weighted by Gasteiger charge is -2.39. The number of nitrogen functional groups attached to an aromatic ring is 1. The van der Waals surface area contributed by atoms with Crippen LogP contribution >= 0.6 is 0 Å². The van der Waals surface area contributed by atoms with Crippen molar-refractivity contribution in [2.75, 3.05) is 36.9 Å². The zero-order valence-corrected chi connectivity index (χ0v) is 16.9. The molecule has 1 aromatic heterocycles. The van der Waals surface area contributed by atoms with Gasteiger partial charge in [-0.15, -0.1) is 0 Å². The number of fused-ring (bicyclic) bond motifs is 2. The number of benzene rings is 2. The first kappa shape index (κ1) is 20.6. The molecule has 0 radical (unpaired) electrons. The highest BCUT2D eigenvalue weighted by molar-refractivity contribution is 6.00. The Morgan fingerprint density at radius 3 is 2.82 bits per heavy atom. The predicted molar refractivity (Wildman–Crippen MR) is 112 cm³/mol. The molecule has 0 spiro atoms. The second-order valence-electron chi connectivity index (χ2n) is 7.66. The van der Waals surface area contributed by atoms with Crippen LogP contribution in [0.2, 0.25) is 0 Å². The summed E-state index contributed by atoms with van der Waals surface area (Å²) in [4.78, 5) is 33.3. The minimum atomic E-state index is -1.06. The van der Waals surface area contributed by atoms with Crippen LogP contribution in [0.15, 0.2) is 24.5 Å². The summed E-state index contributed by atoms with van der Waals surface area (Å²) in [5.74, 6) is -1.38. The van der Waals surface area contributed by atoms with Crippen LogP contribution in [-0.4, -0.2) is 63.3 Å². The number of nitro groups is 1. The van der Waals surface area contributed by atoms with Gasteiger partial charge in [-0.2, -0.15) is 0 Å². The van der Waals surface area contributed by atoms with Crippen LogP contribution in [0.1, 0.15) is 0 Å². The maximum absolute atomic E-state index is 15.7. The van der Waals surface area contributed by atoms with Gasteiger partial charge in [0.2, 0.25) is 0 Å². The van der Waals surface area contributed by atoms with Crippen LogP contribution in [0.25, 0.3) is 22.0 Å². The molecule has 33 heavy (non-hydrogen) atoms. The number of amides is 1. The van der Waals surface area contributed by atoms with Crippen molar-refractivity contribution in [3.8, 4) is 16.9 Å². The molecule has 3 N–H and O–H groups in total. The SMILES string of the molecule is Nc1c([N+](=O)[O-])ccc(F)c1-c1cc2c3c(ncnc3c1F)N1CCN(C(=O)O)C[C@H]1CO2. The number of nitrogens with zero attached hydrogens (tertiary/aromatic N) is 5. The monoisotopic (exact) mass is 458 g/mol. The van der Waals surface area contributed by atoms with E-state index >= 15 is 4.39 Å². The average molecular weight is 458 g/mol. The predicted octanol–water partition coefficient (Wildman–Crippen LogP) is 2.63. The van der Waals surface area contributed by atoms with Gasteiger partial charge in [-0.3, -0.25) is 10.1 Å². The largest absolute Gasteiger partial charge is 0.490 e. The Bertz CT molecular complexity index is 1340. The Hall–Kier alpha value is -4.29. The molecule has 0 aliphatic carbocycles. The summed E-state index contributed by atoms with van der Waals surface area (Å²) in [7, 11) is 0. The van der Waals surface area contributed by atoms with Gasteiger partial charge >= 0.3 is 6.09 Å². The molecule has 3 heterocycles. The Morgan fingerprint density at radius 2 is 2.09 bits per heavy atom. The maximum atomic E-state index is 15.7. The van der Waals surface area contributed by atoms with E-state index in [0.717, 1.165) is 18.5 Å². The molecule has 1 amide bonds. The molecule has 11 nitrogen and oxygen atoms in total. The molecule has 2 aliphatic heterocycles. The summed E-state index contributed by atoms with van der Waals surface area (Å²) in [6.07, 6.45) is 0.0853. The van der Waals surface area contributed by atoms with Gasteiger partial charge < -0.3 is 25.4 Å². The van der Waals surface area contributed by atoms with Crippen LogP contribution in [0, 0.1) is 21.7 Å². The minimum absolute atomic E-state index is 0.0488. The van der Waals surface area contributed by atoms with Crippen molar-refractivity contribution in [3.63, 3.8) is 0 Å². The number of halogens is 2. The number of nitrogens with two attached hydrogens (primary N) is 1. The summed E-state index contributed by atoms with van der Waals surface area (Å²) in [6.45, 7) is 0.730. The summed E-state index contributed by atoms with van der Waals surface area (Å²) in [6, 6.07) is 2.58. The number of hydrogen-bond donors (Lipinski definition) is 2. The topological polar surface area (TPSA) is 148 Å². The van der Waals surface area contributed by atoms with E-state index < -0.39 is 45.6 Å². The number of carboxylic acid groups (broad SMARTS) is 1. The lowest BCUT2D eigenvalue weighted by Crippen LogP contribution is -2.56. The zero-order valence-electron chi connectivity index (χ0n) is 16.9. The van der Waals surface area contributed by atoms with Gasteiger partial charge in [0.25, 0.3) is 5.69 Å². The number of rotatable bonds is 2. The number of piperazine rings is 1. The summed E-state index contributed by atoms with van der Waals surface area (Å²) in [5.41, 5.74) is 3.78. The van der Waals surface area contributed by atoms with Crippen molar-refractivity contribution >= 4 is 34.2 Å². The van der Waals surface area contributed by atoms with Gasteiger partial charge in [-0.25, -0.2) is 23.5 Å². The number of aromatic nitrogens is 2. The molecule has 170 valence electrons. The van der Waals surface area contributed by atoms with E-state index in [1.807, 2.05) is 4.90 Å². The number of anilines is 2. The van der Waals surface area contributed by atoms with Crippen LogP contribution in [0.3, 0.4) is 0 Å². The van der Waals surface area contributed by atoms with Gasteiger partial charge in [0.15, 0.2) is 5.82 Å². The van der Waals surface area contributed by atoms with Gasteiger partial charge in [-0.1, -0.05) is 0 Å². The first-order valence-corrected chi connectivity index (χ1v) is 9.85. The van der Waals surface area contributed by atoms with E-state index in [0.29, 0.717) is 12.4 Å². The molecule has 0 saturated carbocycles. The van der Waals surface area contributed by atoms with E-state index in [2.05, 4.69) is 9.97 Å². The van der Waals surface area contributed by atoms with Gasteiger partial charge in [0.1, 0.15) is 41.5 Å². The molecule has 2 aromatic carbocycles. The van der Waals surface area contributed by atoms with E-state index in [9.17, 15) is 24.4 Å². The molecule has 2 aliphatic rings. The zero-order chi connectivity index (χ0) is 23.4. The second-order valence-corrected chi connectivity index (χ2v) is 7.66. The molecular formula is C20H16F2N6O5. The third-order valence-electron chi connectivity index (χ3n) is 5.89. The second kappa shape index (κ2) is 7.39. The number of hydrogen-bond acceptors (Lipinski definition) is 8. The fourth-order valence-electron chi connectivity index (χ4n) is 4.33. The van der Waals surface area contributed by atoms with Crippen molar-refractivity contribution in [1.82, 2.24) is 14.9 Å². The smallest absolute Gasteiger partial charge is 0.407 e. The Morgan fingerprint density at radius 1 is 1.30 bits per heavy atom. The molecule has 1 saturated heterocycles. The molecular weight excluding hydrogens is 442 g/mol. The van der Waals surface area contributed by atoms with E-state index in [1.165, 1.54) is 11.0 Å². The van der Waals surface area contributed by atoms with Crippen molar-refractivity contribution in [2.45, 2.75) is 6.04 Å². The van der Waals surface area contributed by atoms with Crippen molar-refractivity contribution in [1.29, 1.82) is 0 Å². The normalized spacial score (nSPS) is 17.3. The number of carbonyl (C=O) groups is 1. The van der Waals surface area contributed by atoms with E-state index in [-0.39, 0.29) is 41.9 Å². The summed E-state index contributed by atoms with van der Waals surface area (Å²) in [5, 5.41) is 20.8. The van der Waals surface area contributed by atoms with Gasteiger partial charge in [0, 0.05) is 31.3 Å². The van der Waals surface area contributed by atoms with Gasteiger partial charge in [-0.05, 0) is 12.1 Å². The molecule has 0 unspecified atom stereocenters. The highest BCUT2D eigenvalue weighted by Crippen LogP contribution is 2.44. The van der Waals surface area contributed by atoms with Crippen molar-refractivity contribution < 1.29 is 28.3 Å². The highest BCUT2D eigenvalue weighted by Gasteiger charge is 2.36. The number of ether oxygens (including phenoxy) is 1. The van der Waals surface area contributed by atoms with Crippen LogP contribution < -0.4 is 15.4 Å². The third kappa shape index (κ3) is 3.11. The Balaban J connectivity index is 1.71. The standard InChI is InChI=1S/C20H16F2N6O5/c21-11-1-2-12(28(31)32)17(23)14(11)10-5-13-15-18(16(10)22)24-8-25-19(15)27-4-3-26(20(29)30)6-9(27)7-33-13/h1-2,5,8-9H,3-4,6-7,23H2,(H,29,30)/t9-/m0/s1. The molecule has 1 atom stereocenters. The molecule has 0 bridgehead atoms. The first-order chi connectivity index (χ1) is 15.8. The fourth-order valence-corrected chi connectivity index (χ4v) is 4.33. The molecule has 13 heteroatoms. The fraction of sp³-hybridized carbons (Fsp3) is 0.250. The van der Waals surface area contributed by atoms with Crippen molar-refractivity contribution in [3.05, 3.63) is 46.3 Å². The minimum Gasteiger partial charge on any atom is -0.490 e. The summed E-state index contributed by atoms with van der Waals surface area (Å²) < 4.78 is 36.3. The number of nitro benzene ring substituents is 1. The van der Waals surface area contributed by atoms with E-state index in [4.69, 9.17) is 10.5 Å². The summed E-state index contributed by atoms with van der Waals surface area (Å²) >= 11 is 0. The Labute approximate surface area is 184 Å². The highest BCUT2D eigenvalue weighted by atomic mass is 19.1. The van der Waals surface area contributed by atoms with Crippen LogP contribution in [-0.2, 0) is 0 Å². The third-order valence-corrected chi connectivity index (χ3v) is 5.89. The average Bonchev–Trinajstić information content (AvgIpc) is 2.94. The molecule has 5 rings (SSSR count). The first-order valence-electron chi connectivity index (χ1n) is 9.85. The lowest BCUT2D eigenvalue weighted by atomic mass is 9.99. The quantitative estimate of drug-likeness (QED) is 0.336. The lowest BCUT2D eigenvalue weighted by molar-refractivity contribution is -0.383. The maximum Gasteiger partial charge on any atom is 0.407 e.